The third-order valence-corrected chi connectivity index (χ3v) is 5.63. The molecule has 0 aliphatic carbocycles. The second-order valence-electron chi connectivity index (χ2n) is 6.78. The Bertz CT molecular complexity index is 1160. The molecule has 0 bridgehead atoms. The van der Waals surface area contributed by atoms with Crippen LogP contribution in [-0.4, -0.2) is 11.8 Å². The van der Waals surface area contributed by atoms with Gasteiger partial charge in [-0.05, 0) is 52.9 Å². The molecule has 1 aromatic heterocycles. The van der Waals surface area contributed by atoms with Gasteiger partial charge in [-0.2, -0.15) is 0 Å². The lowest BCUT2D eigenvalue weighted by Gasteiger charge is -2.17. The van der Waals surface area contributed by atoms with Gasteiger partial charge in [0.25, 0.3) is 11.8 Å². The molecule has 0 unspecified atom stereocenters. The number of fused-ring (bicyclic) bond motifs is 1. The van der Waals surface area contributed by atoms with Gasteiger partial charge in [0.15, 0.2) is 0 Å². The first kappa shape index (κ1) is 18.9. The number of amides is 2. The van der Waals surface area contributed by atoms with E-state index in [0.29, 0.717) is 16.1 Å². The van der Waals surface area contributed by atoms with Crippen molar-refractivity contribution in [3.05, 3.63) is 100 Å². The van der Waals surface area contributed by atoms with Gasteiger partial charge in [-0.15, -0.1) is 11.3 Å². The van der Waals surface area contributed by atoms with E-state index in [-0.39, 0.29) is 17.9 Å². The van der Waals surface area contributed by atoms with Gasteiger partial charge in [0.1, 0.15) is 0 Å². The number of thiophene rings is 1. The van der Waals surface area contributed by atoms with Crippen molar-refractivity contribution in [1.29, 1.82) is 0 Å². The molecule has 0 radical (unpaired) electrons. The molecule has 0 saturated carbocycles. The smallest absolute Gasteiger partial charge is 0.265 e. The minimum Gasteiger partial charge on any atom is -0.345 e. The van der Waals surface area contributed by atoms with Crippen LogP contribution < -0.4 is 10.6 Å². The third kappa shape index (κ3) is 4.20. The molecule has 1 heterocycles. The molecule has 0 aliphatic rings. The van der Waals surface area contributed by atoms with Crippen molar-refractivity contribution in [2.75, 3.05) is 5.32 Å². The number of anilines is 1. The first-order chi connectivity index (χ1) is 14.1. The highest BCUT2D eigenvalue weighted by Gasteiger charge is 2.15. The number of nitrogens with one attached hydrogen (secondary N) is 2. The van der Waals surface area contributed by atoms with Crippen LogP contribution in [-0.2, 0) is 0 Å². The van der Waals surface area contributed by atoms with Crippen LogP contribution >= 0.6 is 11.3 Å². The molecule has 0 aliphatic heterocycles. The highest BCUT2D eigenvalue weighted by Crippen LogP contribution is 2.24. The Morgan fingerprint density at radius 1 is 0.862 bits per heavy atom. The van der Waals surface area contributed by atoms with Gasteiger partial charge in [0.05, 0.1) is 10.9 Å². The molecule has 4 nitrogen and oxygen atoms in total. The highest BCUT2D eigenvalue weighted by molar-refractivity contribution is 7.12. The van der Waals surface area contributed by atoms with Crippen molar-refractivity contribution in [3.8, 4) is 0 Å². The lowest BCUT2D eigenvalue weighted by Crippen LogP contribution is -2.26. The van der Waals surface area contributed by atoms with Crippen LogP contribution in [0.15, 0.2) is 84.2 Å². The lowest BCUT2D eigenvalue weighted by atomic mass is 9.99. The van der Waals surface area contributed by atoms with Crippen LogP contribution in [0.5, 0.6) is 0 Å². The molecular formula is C24H20N2O2S. The van der Waals surface area contributed by atoms with Crippen LogP contribution in [0.25, 0.3) is 10.8 Å². The molecule has 4 aromatic rings. The molecule has 1 atom stereocenters. The van der Waals surface area contributed by atoms with Crippen LogP contribution in [0, 0.1) is 0 Å². The maximum atomic E-state index is 12.8. The molecule has 0 saturated heterocycles. The Morgan fingerprint density at radius 3 is 2.48 bits per heavy atom. The summed E-state index contributed by atoms with van der Waals surface area (Å²) in [6, 6.07) is 24.6. The second-order valence-corrected chi connectivity index (χ2v) is 7.72. The number of benzene rings is 3. The fraction of sp³-hybridized carbons (Fsp3) is 0.0833. The van der Waals surface area contributed by atoms with E-state index in [0.717, 1.165) is 16.3 Å². The number of carbonyl (C=O) groups excluding carboxylic acids is 2. The Hall–Kier alpha value is -3.44. The average Bonchev–Trinajstić information content (AvgIpc) is 3.28. The summed E-state index contributed by atoms with van der Waals surface area (Å²) in [5.74, 6) is -0.362. The van der Waals surface area contributed by atoms with E-state index in [2.05, 4.69) is 28.8 Å². The molecule has 0 fully saturated rings. The Kier molecular flexibility index (Phi) is 5.40. The van der Waals surface area contributed by atoms with Gasteiger partial charge in [0, 0.05) is 11.3 Å². The average molecular weight is 401 g/mol. The van der Waals surface area contributed by atoms with Gasteiger partial charge in [-0.25, -0.2) is 0 Å². The normalized spacial score (nSPS) is 11.8. The molecular weight excluding hydrogens is 380 g/mol. The van der Waals surface area contributed by atoms with Crippen molar-refractivity contribution in [1.82, 2.24) is 5.32 Å². The van der Waals surface area contributed by atoms with E-state index < -0.39 is 0 Å². The number of hydrogen-bond donors (Lipinski definition) is 2. The molecule has 4 rings (SSSR count). The summed E-state index contributed by atoms with van der Waals surface area (Å²) in [5.41, 5.74) is 2.16. The summed E-state index contributed by atoms with van der Waals surface area (Å²) in [4.78, 5) is 25.7. The van der Waals surface area contributed by atoms with Crippen molar-refractivity contribution in [2.24, 2.45) is 0 Å². The minimum atomic E-state index is -0.183. The van der Waals surface area contributed by atoms with Crippen molar-refractivity contribution >= 4 is 39.6 Å². The molecule has 3 aromatic carbocycles. The molecule has 2 amide bonds. The first-order valence-corrected chi connectivity index (χ1v) is 10.2. The van der Waals surface area contributed by atoms with Crippen LogP contribution in [0.2, 0.25) is 0 Å². The zero-order chi connectivity index (χ0) is 20.2. The van der Waals surface area contributed by atoms with E-state index in [4.69, 9.17) is 0 Å². The molecule has 29 heavy (non-hydrogen) atoms. The summed E-state index contributed by atoms with van der Waals surface area (Å²) >= 11 is 1.38. The number of hydrogen-bond acceptors (Lipinski definition) is 3. The maximum absolute atomic E-state index is 12.8. The molecule has 0 spiro atoms. The standard InChI is InChI=1S/C24H20N2O2S/c1-16(20-12-5-8-17-7-2-3-11-21(17)20)25-23(27)18-9-4-10-19(15-18)26-24(28)22-13-6-14-29-22/h2-16H,1H3,(H,25,27)(H,26,28)/t16-/m0/s1. The van der Waals surface area contributed by atoms with E-state index >= 15 is 0 Å². The summed E-state index contributed by atoms with van der Waals surface area (Å²) in [5, 5.41) is 10.0. The van der Waals surface area contributed by atoms with E-state index in [1.165, 1.54) is 11.3 Å². The van der Waals surface area contributed by atoms with Gasteiger partial charge < -0.3 is 10.6 Å². The van der Waals surface area contributed by atoms with Crippen LogP contribution in [0.4, 0.5) is 5.69 Å². The summed E-state index contributed by atoms with van der Waals surface area (Å²) in [7, 11) is 0. The fourth-order valence-corrected chi connectivity index (χ4v) is 3.94. The number of rotatable bonds is 5. The molecule has 2 N–H and O–H groups in total. The van der Waals surface area contributed by atoms with Crippen LogP contribution in [0.1, 0.15) is 38.6 Å². The van der Waals surface area contributed by atoms with Gasteiger partial charge >= 0.3 is 0 Å². The van der Waals surface area contributed by atoms with Crippen molar-refractivity contribution in [2.45, 2.75) is 13.0 Å². The highest BCUT2D eigenvalue weighted by atomic mass is 32.1. The maximum Gasteiger partial charge on any atom is 0.265 e. The number of carbonyl (C=O) groups is 2. The quantitative estimate of drug-likeness (QED) is 0.455. The van der Waals surface area contributed by atoms with E-state index in [1.807, 2.05) is 42.6 Å². The fourth-order valence-electron chi connectivity index (χ4n) is 3.32. The van der Waals surface area contributed by atoms with Crippen molar-refractivity contribution < 1.29 is 9.59 Å². The molecule has 5 heteroatoms. The van der Waals surface area contributed by atoms with Gasteiger partial charge in [0.2, 0.25) is 0 Å². The second kappa shape index (κ2) is 8.29. The van der Waals surface area contributed by atoms with E-state index in [1.54, 1.807) is 30.3 Å². The first-order valence-electron chi connectivity index (χ1n) is 9.35. The topological polar surface area (TPSA) is 58.2 Å². The zero-order valence-electron chi connectivity index (χ0n) is 15.9. The Morgan fingerprint density at radius 2 is 1.66 bits per heavy atom. The Labute approximate surface area is 173 Å². The van der Waals surface area contributed by atoms with E-state index in [9.17, 15) is 9.59 Å². The monoisotopic (exact) mass is 400 g/mol. The SMILES string of the molecule is C[C@H](NC(=O)c1cccc(NC(=O)c2cccs2)c1)c1cccc2ccccc12. The van der Waals surface area contributed by atoms with Gasteiger partial charge in [-0.3, -0.25) is 9.59 Å². The summed E-state index contributed by atoms with van der Waals surface area (Å²) in [6.07, 6.45) is 0. The lowest BCUT2D eigenvalue weighted by molar-refractivity contribution is 0.0939. The minimum absolute atomic E-state index is 0.155. The largest absolute Gasteiger partial charge is 0.345 e. The third-order valence-electron chi connectivity index (χ3n) is 4.77. The summed E-state index contributed by atoms with van der Waals surface area (Å²) in [6.45, 7) is 1.97. The Balaban J connectivity index is 1.50. The molecule has 144 valence electrons. The van der Waals surface area contributed by atoms with Crippen LogP contribution in [0.3, 0.4) is 0 Å². The predicted molar refractivity (Wildman–Crippen MR) is 119 cm³/mol. The zero-order valence-corrected chi connectivity index (χ0v) is 16.7. The van der Waals surface area contributed by atoms with Gasteiger partial charge in [-0.1, -0.05) is 54.6 Å². The summed E-state index contributed by atoms with van der Waals surface area (Å²) < 4.78 is 0. The predicted octanol–water partition coefficient (Wildman–Crippen LogP) is 5.64. The van der Waals surface area contributed by atoms with Crippen molar-refractivity contribution in [3.63, 3.8) is 0 Å².